The van der Waals surface area contributed by atoms with Crippen molar-refractivity contribution in [2.75, 3.05) is 5.73 Å². The molecule has 0 heterocycles. The summed E-state index contributed by atoms with van der Waals surface area (Å²) >= 11 is 0. The second-order valence-corrected chi connectivity index (χ2v) is 5.38. The fourth-order valence-electron chi connectivity index (χ4n) is 3.07. The lowest BCUT2D eigenvalue weighted by Crippen LogP contribution is -2.25. The number of benzene rings is 2. The fourth-order valence-corrected chi connectivity index (χ4v) is 3.07. The van der Waals surface area contributed by atoms with Crippen molar-refractivity contribution in [3.63, 3.8) is 0 Å². The van der Waals surface area contributed by atoms with Crippen molar-refractivity contribution in [2.24, 2.45) is 0 Å². The van der Waals surface area contributed by atoms with Crippen LogP contribution < -0.4 is 10.8 Å². The molecule has 3 nitrogen and oxygen atoms in total. The zero-order valence-electron chi connectivity index (χ0n) is 11.1. The van der Waals surface area contributed by atoms with Gasteiger partial charge in [0.2, 0.25) is 0 Å². The van der Waals surface area contributed by atoms with Crippen LogP contribution >= 0.6 is 0 Å². The van der Waals surface area contributed by atoms with Crippen molar-refractivity contribution in [3.8, 4) is 0 Å². The van der Waals surface area contributed by atoms with Crippen LogP contribution in [0.1, 0.15) is 34.6 Å². The van der Waals surface area contributed by atoms with E-state index in [-0.39, 0.29) is 12.3 Å². The van der Waals surface area contributed by atoms with E-state index in [0.29, 0.717) is 6.42 Å². The van der Waals surface area contributed by atoms with Crippen molar-refractivity contribution in [1.29, 1.82) is 0 Å². The number of aliphatic carboxylic acids is 1. The molecule has 0 spiro atoms. The maximum atomic E-state index is 11.0. The first-order valence-corrected chi connectivity index (χ1v) is 6.78. The molecule has 20 heavy (non-hydrogen) atoms. The normalized spacial score (nSPS) is 16.9. The van der Waals surface area contributed by atoms with Crippen LogP contribution in [0.2, 0.25) is 0 Å². The zero-order valence-corrected chi connectivity index (χ0v) is 11.1. The molecule has 2 N–H and O–H groups in total. The summed E-state index contributed by atoms with van der Waals surface area (Å²) in [5.74, 6) is -1.04. The summed E-state index contributed by atoms with van der Waals surface area (Å²) in [5.41, 5.74) is 11.3. The number of nitrogen functional groups attached to an aromatic ring is 1. The Labute approximate surface area is 118 Å². The number of fused-ring (bicyclic) bond motifs is 2. The quantitative estimate of drug-likeness (QED) is 0.840. The molecule has 1 aliphatic carbocycles. The Bertz CT molecular complexity index is 664. The minimum Gasteiger partial charge on any atom is -0.550 e. The average molecular weight is 266 g/mol. The molecule has 0 radical (unpaired) electrons. The topological polar surface area (TPSA) is 66.2 Å². The first-order valence-electron chi connectivity index (χ1n) is 6.78. The second-order valence-electron chi connectivity index (χ2n) is 5.38. The predicted octanol–water partition coefficient (Wildman–Crippen LogP) is 1.64. The number of anilines is 1. The number of carboxylic acid groups (broad SMARTS) is 1. The first kappa shape index (κ1) is 12.7. The summed E-state index contributed by atoms with van der Waals surface area (Å²) in [6, 6.07) is 14.0. The summed E-state index contributed by atoms with van der Waals surface area (Å²) in [6.07, 6.45) is 1.58. The monoisotopic (exact) mass is 266 g/mol. The highest BCUT2D eigenvalue weighted by molar-refractivity contribution is 5.66. The molecule has 1 aliphatic rings. The van der Waals surface area contributed by atoms with Crippen LogP contribution in [0, 0.1) is 0 Å². The molecule has 0 aliphatic heterocycles. The number of rotatable bonds is 2. The Kier molecular flexibility index (Phi) is 3.18. The number of carboxylic acids is 1. The van der Waals surface area contributed by atoms with E-state index in [1.54, 1.807) is 0 Å². The van der Waals surface area contributed by atoms with Crippen LogP contribution in [0.5, 0.6) is 0 Å². The van der Waals surface area contributed by atoms with E-state index < -0.39 is 5.97 Å². The van der Waals surface area contributed by atoms with Crippen LogP contribution in [0.3, 0.4) is 0 Å². The van der Waals surface area contributed by atoms with Crippen LogP contribution in [0.4, 0.5) is 5.69 Å². The molecule has 1 unspecified atom stereocenters. The van der Waals surface area contributed by atoms with Gasteiger partial charge in [-0.2, -0.15) is 0 Å². The van der Waals surface area contributed by atoms with Gasteiger partial charge < -0.3 is 15.6 Å². The molecule has 0 saturated heterocycles. The minimum absolute atomic E-state index is 0.0424. The smallest absolute Gasteiger partial charge is 0.0420 e. The number of hydrogen-bond donors (Lipinski definition) is 1. The summed E-state index contributed by atoms with van der Waals surface area (Å²) in [6.45, 7) is 0. The Hall–Kier alpha value is -2.29. The van der Waals surface area contributed by atoms with Gasteiger partial charge in [0.25, 0.3) is 0 Å². The van der Waals surface area contributed by atoms with Gasteiger partial charge in [0.15, 0.2) is 0 Å². The van der Waals surface area contributed by atoms with Crippen molar-refractivity contribution in [2.45, 2.75) is 25.2 Å². The zero-order chi connectivity index (χ0) is 14.1. The van der Waals surface area contributed by atoms with Crippen molar-refractivity contribution in [1.82, 2.24) is 0 Å². The summed E-state index contributed by atoms with van der Waals surface area (Å²) in [7, 11) is 0. The van der Waals surface area contributed by atoms with Crippen LogP contribution in [0.15, 0.2) is 42.5 Å². The van der Waals surface area contributed by atoms with Crippen LogP contribution in [-0.2, 0) is 17.6 Å². The lowest BCUT2D eigenvalue weighted by atomic mass is 9.89. The van der Waals surface area contributed by atoms with E-state index >= 15 is 0 Å². The van der Waals surface area contributed by atoms with E-state index in [0.717, 1.165) is 23.2 Å². The molecule has 3 heteroatoms. The Morgan fingerprint density at radius 1 is 1.15 bits per heavy atom. The van der Waals surface area contributed by atoms with E-state index in [9.17, 15) is 9.90 Å². The third kappa shape index (κ3) is 2.39. The molecule has 2 aromatic rings. The summed E-state index contributed by atoms with van der Waals surface area (Å²) < 4.78 is 0. The molecule has 0 fully saturated rings. The number of carbonyl (C=O) groups is 1. The molecule has 2 aromatic carbocycles. The van der Waals surface area contributed by atoms with E-state index in [2.05, 4.69) is 6.07 Å². The largest absolute Gasteiger partial charge is 0.550 e. The number of nitrogens with two attached hydrogens (primary N) is 1. The Balaban J connectivity index is 2.09. The molecule has 0 amide bonds. The second kappa shape index (κ2) is 5.00. The highest BCUT2D eigenvalue weighted by atomic mass is 16.4. The van der Waals surface area contributed by atoms with Gasteiger partial charge in [0.1, 0.15) is 0 Å². The van der Waals surface area contributed by atoms with Crippen molar-refractivity contribution >= 4 is 11.7 Å². The molecule has 0 aromatic heterocycles. The maximum Gasteiger partial charge on any atom is 0.0420 e. The van der Waals surface area contributed by atoms with Gasteiger partial charge in [-0.05, 0) is 59.6 Å². The minimum atomic E-state index is -1.00. The number of carbonyl (C=O) groups excluding carboxylic acids is 1. The lowest BCUT2D eigenvalue weighted by Gasteiger charge is -2.18. The van der Waals surface area contributed by atoms with E-state index in [1.807, 2.05) is 36.4 Å². The Morgan fingerprint density at radius 3 is 2.75 bits per heavy atom. The van der Waals surface area contributed by atoms with Gasteiger partial charge in [0.05, 0.1) is 0 Å². The molecule has 0 saturated carbocycles. The van der Waals surface area contributed by atoms with Crippen molar-refractivity contribution in [3.05, 3.63) is 64.7 Å². The standard InChI is InChI=1S/C17H17NO2/c18-15-6-5-11-7-12-3-1-2-4-16(12)14(10-17(19)20)8-13(11)9-15/h1-6,9,14H,7-8,10,18H2,(H,19,20)/p-1. The molecular weight excluding hydrogens is 250 g/mol. The summed E-state index contributed by atoms with van der Waals surface area (Å²) in [4.78, 5) is 11.0. The molecular formula is C17H16NO2-. The fraction of sp³-hybridized carbons (Fsp3) is 0.235. The van der Waals surface area contributed by atoms with E-state index in [4.69, 9.17) is 5.73 Å². The van der Waals surface area contributed by atoms with Gasteiger partial charge >= 0.3 is 0 Å². The van der Waals surface area contributed by atoms with Crippen LogP contribution in [-0.4, -0.2) is 5.97 Å². The third-order valence-electron chi connectivity index (χ3n) is 3.99. The van der Waals surface area contributed by atoms with E-state index in [1.165, 1.54) is 11.1 Å². The lowest BCUT2D eigenvalue weighted by molar-refractivity contribution is -0.306. The van der Waals surface area contributed by atoms with Gasteiger partial charge in [0, 0.05) is 11.7 Å². The van der Waals surface area contributed by atoms with Gasteiger partial charge in [-0.25, -0.2) is 0 Å². The third-order valence-corrected chi connectivity index (χ3v) is 3.99. The molecule has 3 rings (SSSR count). The van der Waals surface area contributed by atoms with Gasteiger partial charge in [-0.3, -0.25) is 0 Å². The van der Waals surface area contributed by atoms with Gasteiger partial charge in [-0.15, -0.1) is 0 Å². The highest BCUT2D eigenvalue weighted by Gasteiger charge is 2.22. The average Bonchev–Trinajstić information content (AvgIpc) is 2.55. The number of hydrogen-bond acceptors (Lipinski definition) is 3. The summed E-state index contributed by atoms with van der Waals surface area (Å²) in [5, 5.41) is 11.0. The van der Waals surface area contributed by atoms with Crippen molar-refractivity contribution < 1.29 is 9.90 Å². The predicted molar refractivity (Wildman–Crippen MR) is 76.2 cm³/mol. The SMILES string of the molecule is Nc1ccc2c(c1)CC(CC(=O)[O-])c1ccccc1C2. The molecule has 102 valence electrons. The Morgan fingerprint density at radius 2 is 1.95 bits per heavy atom. The molecule has 1 atom stereocenters. The maximum absolute atomic E-state index is 11.0. The van der Waals surface area contributed by atoms with Gasteiger partial charge in [-0.1, -0.05) is 30.3 Å². The molecule has 0 bridgehead atoms. The first-order chi connectivity index (χ1) is 9.63. The van der Waals surface area contributed by atoms with Crippen LogP contribution in [0.25, 0.3) is 0 Å². The highest BCUT2D eigenvalue weighted by Crippen LogP contribution is 2.34.